The van der Waals surface area contributed by atoms with Gasteiger partial charge in [0.05, 0.1) is 7.11 Å². The van der Waals surface area contributed by atoms with E-state index in [9.17, 15) is 9.59 Å². The lowest BCUT2D eigenvalue weighted by molar-refractivity contribution is -0.131. The minimum atomic E-state index is -1.06. The van der Waals surface area contributed by atoms with E-state index in [-0.39, 0.29) is 11.7 Å². The van der Waals surface area contributed by atoms with Crippen LogP contribution >= 0.6 is 0 Å². The zero-order valence-corrected chi connectivity index (χ0v) is 12.9. The molecule has 0 unspecified atom stereocenters. The number of methoxy groups -OCH3 is 1. The number of aromatic nitrogens is 1. The molecule has 1 rings (SSSR count). The zero-order chi connectivity index (χ0) is 16.2. The Hall–Kier alpha value is -2.37. The van der Waals surface area contributed by atoms with Gasteiger partial charge in [0.15, 0.2) is 0 Å². The summed E-state index contributed by atoms with van der Waals surface area (Å²) < 4.78 is 5.04. The third-order valence-corrected chi connectivity index (χ3v) is 2.76. The normalized spacial score (nSPS) is 12.0. The van der Waals surface area contributed by atoms with Crippen LogP contribution in [0.1, 0.15) is 33.3 Å². The molecule has 6 heteroatoms. The standard InChI is InChI=1S/C15H20N2O4/c1-9(8-12(18)19)10-6-7-11(21-5)16-13(10)17-14(20)15(2,3)4/h6-8H,1-5H3,(H,18,19)(H,16,17,20). The topological polar surface area (TPSA) is 88.5 Å². The number of amides is 1. The van der Waals surface area contributed by atoms with E-state index in [0.717, 1.165) is 6.08 Å². The molecule has 21 heavy (non-hydrogen) atoms. The van der Waals surface area contributed by atoms with Crippen LogP contribution in [0.5, 0.6) is 5.88 Å². The zero-order valence-electron chi connectivity index (χ0n) is 12.9. The summed E-state index contributed by atoms with van der Waals surface area (Å²) in [4.78, 5) is 27.1. The lowest BCUT2D eigenvalue weighted by Gasteiger charge is -2.19. The monoisotopic (exact) mass is 292 g/mol. The molecule has 114 valence electrons. The Morgan fingerprint density at radius 2 is 1.95 bits per heavy atom. The molecule has 0 atom stereocenters. The van der Waals surface area contributed by atoms with Gasteiger partial charge in [-0.15, -0.1) is 0 Å². The van der Waals surface area contributed by atoms with Crippen LogP contribution in [0.3, 0.4) is 0 Å². The van der Waals surface area contributed by atoms with Crippen molar-refractivity contribution in [3.8, 4) is 5.88 Å². The fraction of sp³-hybridized carbons (Fsp3) is 0.400. The van der Waals surface area contributed by atoms with Gasteiger partial charge in [0, 0.05) is 23.1 Å². The summed E-state index contributed by atoms with van der Waals surface area (Å²) in [5.41, 5.74) is 0.435. The Morgan fingerprint density at radius 3 is 2.43 bits per heavy atom. The SMILES string of the molecule is COc1ccc(C(C)=CC(=O)O)c(NC(=O)C(C)(C)C)n1. The van der Waals surface area contributed by atoms with Crippen molar-refractivity contribution in [1.29, 1.82) is 0 Å². The summed E-state index contributed by atoms with van der Waals surface area (Å²) in [6.07, 6.45) is 1.07. The van der Waals surface area contributed by atoms with Gasteiger partial charge in [0.1, 0.15) is 5.82 Å². The second kappa shape index (κ2) is 6.39. The molecule has 0 spiro atoms. The van der Waals surface area contributed by atoms with Crippen molar-refractivity contribution in [3.05, 3.63) is 23.8 Å². The van der Waals surface area contributed by atoms with E-state index in [4.69, 9.17) is 9.84 Å². The number of rotatable bonds is 4. The van der Waals surface area contributed by atoms with Crippen molar-refractivity contribution in [2.75, 3.05) is 12.4 Å². The van der Waals surface area contributed by atoms with E-state index in [1.165, 1.54) is 7.11 Å². The molecule has 0 bridgehead atoms. The lowest BCUT2D eigenvalue weighted by atomic mass is 9.95. The molecule has 1 amide bonds. The van der Waals surface area contributed by atoms with Gasteiger partial charge < -0.3 is 15.2 Å². The number of nitrogens with one attached hydrogen (secondary N) is 1. The Bertz CT molecular complexity index is 586. The van der Waals surface area contributed by atoms with Crippen LogP contribution in [0.15, 0.2) is 18.2 Å². The van der Waals surface area contributed by atoms with E-state index in [0.29, 0.717) is 17.0 Å². The summed E-state index contributed by atoms with van der Waals surface area (Å²) in [7, 11) is 1.47. The van der Waals surface area contributed by atoms with Crippen molar-refractivity contribution in [3.63, 3.8) is 0 Å². The molecule has 2 N–H and O–H groups in total. The summed E-state index contributed by atoms with van der Waals surface area (Å²) in [5.74, 6) is -0.653. The maximum atomic E-state index is 12.1. The van der Waals surface area contributed by atoms with E-state index in [1.807, 2.05) is 0 Å². The molecule has 0 aromatic carbocycles. The van der Waals surface area contributed by atoms with Crippen molar-refractivity contribution in [1.82, 2.24) is 4.98 Å². The highest BCUT2D eigenvalue weighted by atomic mass is 16.5. The van der Waals surface area contributed by atoms with Crippen LogP contribution in [0.4, 0.5) is 5.82 Å². The fourth-order valence-corrected chi connectivity index (χ4v) is 1.53. The molecule has 0 saturated heterocycles. The molecular weight excluding hydrogens is 272 g/mol. The number of pyridine rings is 1. The van der Waals surface area contributed by atoms with Gasteiger partial charge in [0.25, 0.3) is 0 Å². The number of aliphatic carboxylic acids is 1. The number of hydrogen-bond donors (Lipinski definition) is 2. The molecule has 0 saturated carbocycles. The predicted octanol–water partition coefficient (Wildman–Crippen LogP) is 2.56. The minimum absolute atomic E-state index is 0.215. The summed E-state index contributed by atoms with van der Waals surface area (Å²) in [6, 6.07) is 3.28. The third-order valence-electron chi connectivity index (χ3n) is 2.76. The van der Waals surface area contributed by atoms with Gasteiger partial charge in [0.2, 0.25) is 11.8 Å². The van der Waals surface area contributed by atoms with Crippen LogP contribution in [0, 0.1) is 5.41 Å². The minimum Gasteiger partial charge on any atom is -0.481 e. The highest BCUT2D eigenvalue weighted by molar-refractivity contribution is 5.98. The molecular formula is C15H20N2O4. The predicted molar refractivity (Wildman–Crippen MR) is 80.2 cm³/mol. The first kappa shape index (κ1) is 16.7. The lowest BCUT2D eigenvalue weighted by Crippen LogP contribution is -2.28. The quantitative estimate of drug-likeness (QED) is 0.833. The first-order chi connectivity index (χ1) is 9.65. The number of nitrogens with zero attached hydrogens (tertiary/aromatic N) is 1. The second-order valence-corrected chi connectivity index (χ2v) is 5.62. The van der Waals surface area contributed by atoms with E-state index in [2.05, 4.69) is 10.3 Å². The van der Waals surface area contributed by atoms with Gasteiger partial charge in [-0.1, -0.05) is 20.8 Å². The van der Waals surface area contributed by atoms with E-state index >= 15 is 0 Å². The number of carboxylic acid groups (broad SMARTS) is 1. The molecule has 1 heterocycles. The number of ether oxygens (including phenoxy) is 1. The Labute approximate surface area is 123 Å². The van der Waals surface area contributed by atoms with E-state index < -0.39 is 11.4 Å². The van der Waals surface area contributed by atoms with Crippen molar-refractivity contribution in [2.24, 2.45) is 5.41 Å². The van der Waals surface area contributed by atoms with Gasteiger partial charge in [-0.2, -0.15) is 4.98 Å². The fourth-order valence-electron chi connectivity index (χ4n) is 1.53. The number of anilines is 1. The maximum Gasteiger partial charge on any atom is 0.328 e. The number of carboxylic acids is 1. The van der Waals surface area contributed by atoms with Crippen LogP contribution < -0.4 is 10.1 Å². The third kappa shape index (κ3) is 4.59. The van der Waals surface area contributed by atoms with Gasteiger partial charge in [-0.3, -0.25) is 4.79 Å². The Morgan fingerprint density at radius 1 is 1.33 bits per heavy atom. The molecule has 1 aromatic rings. The van der Waals surface area contributed by atoms with Gasteiger partial charge in [-0.25, -0.2) is 4.79 Å². The number of carbonyl (C=O) groups is 2. The van der Waals surface area contributed by atoms with Crippen molar-refractivity contribution < 1.29 is 19.4 Å². The smallest absolute Gasteiger partial charge is 0.328 e. The highest BCUT2D eigenvalue weighted by Gasteiger charge is 2.23. The highest BCUT2D eigenvalue weighted by Crippen LogP contribution is 2.26. The van der Waals surface area contributed by atoms with Gasteiger partial charge in [-0.05, 0) is 18.6 Å². The summed E-state index contributed by atoms with van der Waals surface area (Å²) in [6.45, 7) is 6.98. The van der Waals surface area contributed by atoms with E-state index in [1.54, 1.807) is 39.8 Å². The first-order valence-corrected chi connectivity index (χ1v) is 6.43. The van der Waals surface area contributed by atoms with Crippen LogP contribution in [0.2, 0.25) is 0 Å². The van der Waals surface area contributed by atoms with Crippen molar-refractivity contribution in [2.45, 2.75) is 27.7 Å². The van der Waals surface area contributed by atoms with Gasteiger partial charge >= 0.3 is 5.97 Å². The number of hydrogen-bond acceptors (Lipinski definition) is 4. The average molecular weight is 292 g/mol. The Balaban J connectivity index is 3.26. The Kier molecular flexibility index (Phi) is 5.07. The van der Waals surface area contributed by atoms with Crippen LogP contribution in [-0.2, 0) is 9.59 Å². The number of carbonyl (C=O) groups excluding carboxylic acids is 1. The molecule has 0 aliphatic rings. The van der Waals surface area contributed by atoms with Crippen LogP contribution in [-0.4, -0.2) is 29.1 Å². The second-order valence-electron chi connectivity index (χ2n) is 5.62. The number of allylic oxidation sites excluding steroid dienone is 1. The summed E-state index contributed by atoms with van der Waals surface area (Å²) in [5, 5.41) is 11.6. The molecule has 0 aliphatic heterocycles. The molecule has 0 aliphatic carbocycles. The van der Waals surface area contributed by atoms with Crippen LogP contribution in [0.25, 0.3) is 5.57 Å². The van der Waals surface area contributed by atoms with Crippen molar-refractivity contribution >= 4 is 23.3 Å². The summed E-state index contributed by atoms with van der Waals surface area (Å²) >= 11 is 0. The molecule has 6 nitrogen and oxygen atoms in total. The molecule has 1 aromatic heterocycles. The largest absolute Gasteiger partial charge is 0.481 e. The molecule has 0 fully saturated rings. The average Bonchev–Trinajstić information content (AvgIpc) is 2.36. The maximum absolute atomic E-state index is 12.1. The first-order valence-electron chi connectivity index (χ1n) is 6.43. The molecule has 0 radical (unpaired) electrons.